The molecular formula is C13H12N4O4. The number of methoxy groups -OCH3 is 1. The highest BCUT2D eigenvalue weighted by molar-refractivity contribution is 5.91. The minimum atomic E-state index is -0.560. The average Bonchev–Trinajstić information content (AvgIpc) is 2.52. The first-order valence-corrected chi connectivity index (χ1v) is 5.97. The van der Waals surface area contributed by atoms with Crippen molar-refractivity contribution < 1.29 is 14.5 Å². The third-order valence-corrected chi connectivity index (χ3v) is 2.72. The number of nitrogens with one attached hydrogen (secondary N) is 1. The Balaban J connectivity index is 2.26. The minimum Gasteiger partial charge on any atom is -0.465 e. The standard InChI is InChI=1S/C13H12N4O4/c1-21-13(18)9-2-3-12(17(19)20)11(6-9)15-7-10-4-5-14-8-16-10/h2-6,8,15H,7H2,1H3. The summed E-state index contributed by atoms with van der Waals surface area (Å²) >= 11 is 0. The van der Waals surface area contributed by atoms with E-state index in [9.17, 15) is 14.9 Å². The van der Waals surface area contributed by atoms with Gasteiger partial charge in [-0.1, -0.05) is 0 Å². The number of benzene rings is 1. The molecule has 8 heteroatoms. The molecule has 1 aromatic heterocycles. The molecule has 21 heavy (non-hydrogen) atoms. The molecule has 0 saturated heterocycles. The Hall–Kier alpha value is -3.03. The highest BCUT2D eigenvalue weighted by atomic mass is 16.6. The Morgan fingerprint density at radius 3 is 2.86 bits per heavy atom. The smallest absolute Gasteiger partial charge is 0.337 e. The van der Waals surface area contributed by atoms with Gasteiger partial charge in [0.05, 0.1) is 29.8 Å². The fourth-order valence-electron chi connectivity index (χ4n) is 1.69. The lowest BCUT2D eigenvalue weighted by Crippen LogP contribution is -2.07. The Morgan fingerprint density at radius 1 is 1.43 bits per heavy atom. The van der Waals surface area contributed by atoms with Crippen LogP contribution in [-0.4, -0.2) is 28.0 Å². The van der Waals surface area contributed by atoms with Gasteiger partial charge in [-0.3, -0.25) is 10.1 Å². The van der Waals surface area contributed by atoms with E-state index in [1.807, 2.05) is 0 Å². The lowest BCUT2D eigenvalue weighted by Gasteiger charge is -2.08. The van der Waals surface area contributed by atoms with Crippen molar-refractivity contribution in [3.63, 3.8) is 0 Å². The van der Waals surface area contributed by atoms with Crippen LogP contribution in [0.2, 0.25) is 0 Å². The summed E-state index contributed by atoms with van der Waals surface area (Å²) in [4.78, 5) is 29.8. The summed E-state index contributed by atoms with van der Waals surface area (Å²) in [5.74, 6) is -0.560. The number of anilines is 1. The first-order valence-electron chi connectivity index (χ1n) is 5.97. The Labute approximate surface area is 120 Å². The van der Waals surface area contributed by atoms with E-state index in [-0.39, 0.29) is 23.5 Å². The minimum absolute atomic E-state index is 0.128. The fraction of sp³-hybridized carbons (Fsp3) is 0.154. The molecule has 0 unspecified atom stereocenters. The van der Waals surface area contributed by atoms with Crippen molar-refractivity contribution >= 4 is 17.3 Å². The van der Waals surface area contributed by atoms with E-state index >= 15 is 0 Å². The zero-order valence-corrected chi connectivity index (χ0v) is 11.1. The molecule has 2 rings (SSSR count). The summed E-state index contributed by atoms with van der Waals surface area (Å²) in [6, 6.07) is 5.67. The quantitative estimate of drug-likeness (QED) is 0.507. The number of esters is 1. The van der Waals surface area contributed by atoms with Gasteiger partial charge in [-0.2, -0.15) is 0 Å². The number of hydrogen-bond donors (Lipinski definition) is 1. The van der Waals surface area contributed by atoms with Gasteiger partial charge in [0.25, 0.3) is 5.69 Å². The second-order valence-electron chi connectivity index (χ2n) is 4.03. The molecule has 108 valence electrons. The molecule has 0 aliphatic rings. The molecule has 0 aliphatic heterocycles. The van der Waals surface area contributed by atoms with Gasteiger partial charge in [0.2, 0.25) is 0 Å². The topological polar surface area (TPSA) is 107 Å². The summed E-state index contributed by atoms with van der Waals surface area (Å²) < 4.78 is 4.60. The second-order valence-corrected chi connectivity index (χ2v) is 4.03. The zero-order chi connectivity index (χ0) is 15.2. The van der Waals surface area contributed by atoms with Gasteiger partial charge in [-0.05, 0) is 18.2 Å². The van der Waals surface area contributed by atoms with Crippen molar-refractivity contribution in [2.24, 2.45) is 0 Å². The average molecular weight is 288 g/mol. The van der Waals surface area contributed by atoms with E-state index in [1.54, 1.807) is 12.3 Å². The van der Waals surface area contributed by atoms with Crippen molar-refractivity contribution in [3.8, 4) is 0 Å². The lowest BCUT2D eigenvalue weighted by atomic mass is 10.1. The Kier molecular flexibility index (Phi) is 4.39. The van der Waals surface area contributed by atoms with Gasteiger partial charge in [0.15, 0.2) is 0 Å². The van der Waals surface area contributed by atoms with Crippen LogP contribution in [-0.2, 0) is 11.3 Å². The molecule has 0 spiro atoms. The van der Waals surface area contributed by atoms with E-state index in [0.29, 0.717) is 5.69 Å². The van der Waals surface area contributed by atoms with Crippen molar-refractivity contribution in [1.82, 2.24) is 9.97 Å². The number of nitrogens with zero attached hydrogens (tertiary/aromatic N) is 3. The van der Waals surface area contributed by atoms with Crippen LogP contribution < -0.4 is 5.32 Å². The number of ether oxygens (including phenoxy) is 1. The SMILES string of the molecule is COC(=O)c1ccc([N+](=O)[O-])c(NCc2ccncn2)c1. The number of carbonyl (C=O) groups is 1. The monoisotopic (exact) mass is 288 g/mol. The van der Waals surface area contributed by atoms with Gasteiger partial charge in [0.1, 0.15) is 12.0 Å². The van der Waals surface area contributed by atoms with Gasteiger partial charge in [0, 0.05) is 12.3 Å². The molecule has 0 fully saturated rings. The first kappa shape index (κ1) is 14.4. The van der Waals surface area contributed by atoms with Crippen molar-refractivity contribution in [3.05, 3.63) is 58.2 Å². The van der Waals surface area contributed by atoms with Gasteiger partial charge in [-0.15, -0.1) is 0 Å². The number of rotatable bonds is 5. The van der Waals surface area contributed by atoms with Crippen LogP contribution in [0, 0.1) is 10.1 Å². The molecule has 1 N–H and O–H groups in total. The van der Waals surface area contributed by atoms with Crippen molar-refractivity contribution in [2.75, 3.05) is 12.4 Å². The predicted octanol–water partition coefficient (Wildman–Crippen LogP) is 1.78. The number of aromatic nitrogens is 2. The first-order chi connectivity index (χ1) is 10.1. The summed E-state index contributed by atoms with van der Waals surface area (Å²) in [7, 11) is 1.25. The van der Waals surface area contributed by atoms with E-state index < -0.39 is 10.9 Å². The number of hydrogen-bond acceptors (Lipinski definition) is 7. The van der Waals surface area contributed by atoms with E-state index in [1.165, 1.54) is 31.6 Å². The maximum Gasteiger partial charge on any atom is 0.337 e. The number of nitro benzene ring substituents is 1. The Morgan fingerprint density at radius 2 is 2.24 bits per heavy atom. The van der Waals surface area contributed by atoms with Crippen LogP contribution in [0.1, 0.15) is 16.1 Å². The zero-order valence-electron chi connectivity index (χ0n) is 11.1. The molecule has 0 radical (unpaired) electrons. The summed E-state index contributed by atoms with van der Waals surface area (Å²) in [6.07, 6.45) is 2.96. The normalized spacial score (nSPS) is 9.95. The van der Waals surface area contributed by atoms with Gasteiger partial charge < -0.3 is 10.1 Å². The Bertz CT molecular complexity index is 660. The van der Waals surface area contributed by atoms with E-state index in [0.717, 1.165) is 0 Å². The molecule has 0 atom stereocenters. The fourth-order valence-corrected chi connectivity index (χ4v) is 1.69. The van der Waals surface area contributed by atoms with Gasteiger partial charge in [-0.25, -0.2) is 14.8 Å². The molecule has 2 aromatic rings. The maximum absolute atomic E-state index is 11.5. The molecule has 0 bridgehead atoms. The summed E-state index contributed by atoms with van der Waals surface area (Å²) in [6.45, 7) is 0.272. The van der Waals surface area contributed by atoms with Crippen LogP contribution in [0.25, 0.3) is 0 Å². The van der Waals surface area contributed by atoms with Crippen LogP contribution in [0.3, 0.4) is 0 Å². The van der Waals surface area contributed by atoms with E-state index in [2.05, 4.69) is 20.0 Å². The van der Waals surface area contributed by atoms with Crippen LogP contribution >= 0.6 is 0 Å². The number of nitro groups is 1. The second kappa shape index (κ2) is 6.42. The lowest BCUT2D eigenvalue weighted by molar-refractivity contribution is -0.384. The van der Waals surface area contributed by atoms with Crippen LogP contribution in [0.5, 0.6) is 0 Å². The molecule has 0 amide bonds. The molecule has 1 aromatic carbocycles. The summed E-state index contributed by atoms with van der Waals surface area (Å²) in [5.41, 5.74) is 0.995. The summed E-state index contributed by atoms with van der Waals surface area (Å²) in [5, 5.41) is 13.9. The van der Waals surface area contributed by atoms with Crippen molar-refractivity contribution in [2.45, 2.75) is 6.54 Å². The van der Waals surface area contributed by atoms with Crippen LogP contribution in [0.4, 0.5) is 11.4 Å². The molecule has 8 nitrogen and oxygen atoms in total. The van der Waals surface area contributed by atoms with E-state index in [4.69, 9.17) is 0 Å². The van der Waals surface area contributed by atoms with Gasteiger partial charge >= 0.3 is 5.97 Å². The van der Waals surface area contributed by atoms with Crippen LogP contribution in [0.15, 0.2) is 36.8 Å². The molecule has 1 heterocycles. The van der Waals surface area contributed by atoms with Crippen molar-refractivity contribution in [1.29, 1.82) is 0 Å². The number of carbonyl (C=O) groups excluding carboxylic acids is 1. The highest BCUT2D eigenvalue weighted by Crippen LogP contribution is 2.26. The highest BCUT2D eigenvalue weighted by Gasteiger charge is 2.17. The predicted molar refractivity (Wildman–Crippen MR) is 73.8 cm³/mol. The maximum atomic E-state index is 11.5. The molecule has 0 aliphatic carbocycles. The largest absolute Gasteiger partial charge is 0.465 e. The third kappa shape index (κ3) is 3.50. The molecular weight excluding hydrogens is 276 g/mol. The third-order valence-electron chi connectivity index (χ3n) is 2.72. The molecule has 0 saturated carbocycles.